The predicted octanol–water partition coefficient (Wildman–Crippen LogP) is 3.98. The number of rotatable bonds is 7. The molecule has 1 N–H and O–H groups in total. The normalized spacial score (nSPS) is 17.7. The lowest BCUT2D eigenvalue weighted by molar-refractivity contribution is 0.162. The third-order valence-corrected chi connectivity index (χ3v) is 4.96. The van der Waals surface area contributed by atoms with Crippen LogP contribution in [0.5, 0.6) is 5.75 Å². The van der Waals surface area contributed by atoms with Gasteiger partial charge in [-0.3, -0.25) is 4.90 Å². The van der Waals surface area contributed by atoms with Gasteiger partial charge in [0.05, 0.1) is 7.11 Å². The molecule has 0 aromatic heterocycles. The minimum Gasteiger partial charge on any atom is -0.497 e. The Kier molecular flexibility index (Phi) is 7.00. The molecule has 0 spiro atoms. The fourth-order valence-corrected chi connectivity index (χ4v) is 3.53. The van der Waals surface area contributed by atoms with E-state index in [-0.39, 0.29) is 0 Å². The largest absolute Gasteiger partial charge is 0.497 e. The third kappa shape index (κ3) is 4.70. The lowest BCUT2D eigenvalue weighted by Crippen LogP contribution is -2.45. The summed E-state index contributed by atoms with van der Waals surface area (Å²) in [6.45, 7) is 6.69. The van der Waals surface area contributed by atoms with Gasteiger partial charge in [-0.05, 0) is 30.2 Å². The van der Waals surface area contributed by atoms with Gasteiger partial charge in [0.1, 0.15) is 5.75 Å². The molecule has 1 fully saturated rings. The molecule has 0 saturated carbocycles. The Morgan fingerprint density at radius 1 is 1.29 bits per heavy atom. The van der Waals surface area contributed by atoms with Crippen LogP contribution in [-0.4, -0.2) is 38.2 Å². The van der Waals surface area contributed by atoms with Gasteiger partial charge in [0.15, 0.2) is 0 Å². The van der Waals surface area contributed by atoms with E-state index in [9.17, 15) is 0 Å². The zero-order chi connectivity index (χ0) is 15.1. The summed E-state index contributed by atoms with van der Waals surface area (Å²) in [5.74, 6) is 0.948. The molecular formula is C17H27BrN2O. The molecule has 1 aliphatic heterocycles. The van der Waals surface area contributed by atoms with Gasteiger partial charge < -0.3 is 10.1 Å². The van der Waals surface area contributed by atoms with Crippen molar-refractivity contribution < 1.29 is 4.74 Å². The number of methoxy groups -OCH3 is 1. The van der Waals surface area contributed by atoms with Crippen molar-refractivity contribution in [2.45, 2.75) is 38.6 Å². The van der Waals surface area contributed by atoms with Crippen LogP contribution in [0.3, 0.4) is 0 Å². The maximum atomic E-state index is 5.42. The van der Waals surface area contributed by atoms with Crippen LogP contribution in [0.2, 0.25) is 0 Å². The number of nitrogens with zero attached hydrogens (tertiary/aromatic N) is 1. The maximum absolute atomic E-state index is 5.42. The van der Waals surface area contributed by atoms with Crippen molar-refractivity contribution in [1.29, 1.82) is 0 Å². The van der Waals surface area contributed by atoms with Gasteiger partial charge in [0.25, 0.3) is 0 Å². The molecule has 0 aliphatic carbocycles. The minimum absolute atomic E-state index is 0.489. The number of piperazine rings is 1. The molecule has 1 aromatic carbocycles. The number of benzene rings is 1. The fourth-order valence-electron chi connectivity index (χ4n) is 3.02. The quantitative estimate of drug-likeness (QED) is 0.749. The lowest BCUT2D eigenvalue weighted by atomic mass is 9.98. The van der Waals surface area contributed by atoms with Crippen LogP contribution >= 0.6 is 15.9 Å². The van der Waals surface area contributed by atoms with Gasteiger partial charge >= 0.3 is 0 Å². The molecule has 1 heterocycles. The zero-order valence-electron chi connectivity index (χ0n) is 13.2. The first kappa shape index (κ1) is 16.8. The molecule has 0 amide bonds. The second-order valence-electron chi connectivity index (χ2n) is 5.68. The van der Waals surface area contributed by atoms with E-state index in [4.69, 9.17) is 4.74 Å². The Bertz CT molecular complexity index is 433. The molecule has 1 aromatic rings. The Labute approximate surface area is 137 Å². The van der Waals surface area contributed by atoms with E-state index in [1.165, 1.54) is 35.7 Å². The van der Waals surface area contributed by atoms with E-state index < -0.39 is 0 Å². The summed E-state index contributed by atoms with van der Waals surface area (Å²) in [7, 11) is 1.74. The van der Waals surface area contributed by atoms with Gasteiger partial charge in [0, 0.05) is 36.7 Å². The number of hydrogen-bond donors (Lipinski definition) is 1. The smallest absolute Gasteiger partial charge is 0.119 e. The second-order valence-corrected chi connectivity index (χ2v) is 6.54. The summed E-state index contributed by atoms with van der Waals surface area (Å²) in [6, 6.07) is 6.82. The predicted molar refractivity (Wildman–Crippen MR) is 92.0 cm³/mol. The monoisotopic (exact) mass is 354 g/mol. The van der Waals surface area contributed by atoms with Crippen LogP contribution in [0.1, 0.15) is 44.2 Å². The molecule has 2 rings (SSSR count). The average molecular weight is 355 g/mol. The van der Waals surface area contributed by atoms with Gasteiger partial charge in [-0.25, -0.2) is 0 Å². The van der Waals surface area contributed by atoms with E-state index in [0.717, 1.165) is 31.9 Å². The standard InChI is InChI=1S/C17H27BrN2O/c1-3-4-5-6-17(20-11-9-19-10-12-20)15-13-14(21-2)7-8-16(15)18/h7-8,13,17,19H,3-6,9-12H2,1-2H3/t17-/m0/s1. The fraction of sp³-hybridized carbons (Fsp3) is 0.647. The van der Waals surface area contributed by atoms with Gasteiger partial charge in [0.2, 0.25) is 0 Å². The van der Waals surface area contributed by atoms with Gasteiger partial charge in [-0.2, -0.15) is 0 Å². The highest BCUT2D eigenvalue weighted by Crippen LogP contribution is 2.34. The van der Waals surface area contributed by atoms with Crippen LogP contribution in [0.15, 0.2) is 22.7 Å². The molecular weight excluding hydrogens is 328 g/mol. The Morgan fingerprint density at radius 2 is 2.05 bits per heavy atom. The van der Waals surface area contributed by atoms with Crippen molar-refractivity contribution in [3.8, 4) is 5.75 Å². The Morgan fingerprint density at radius 3 is 2.71 bits per heavy atom. The van der Waals surface area contributed by atoms with E-state index in [1.807, 2.05) is 6.07 Å². The molecule has 1 atom stereocenters. The first-order chi connectivity index (χ1) is 10.3. The van der Waals surface area contributed by atoms with Crippen molar-refractivity contribution >= 4 is 15.9 Å². The van der Waals surface area contributed by atoms with E-state index in [2.05, 4.69) is 45.2 Å². The zero-order valence-corrected chi connectivity index (χ0v) is 14.8. The summed E-state index contributed by atoms with van der Waals surface area (Å²) in [5, 5.41) is 3.45. The molecule has 1 saturated heterocycles. The maximum Gasteiger partial charge on any atom is 0.119 e. The number of halogens is 1. The lowest BCUT2D eigenvalue weighted by Gasteiger charge is -2.36. The summed E-state index contributed by atoms with van der Waals surface area (Å²) in [4.78, 5) is 2.62. The summed E-state index contributed by atoms with van der Waals surface area (Å²) in [5.41, 5.74) is 1.37. The first-order valence-electron chi connectivity index (χ1n) is 8.04. The van der Waals surface area contributed by atoms with Crippen molar-refractivity contribution in [1.82, 2.24) is 10.2 Å². The molecule has 4 heteroatoms. The molecule has 1 aliphatic rings. The highest BCUT2D eigenvalue weighted by molar-refractivity contribution is 9.10. The molecule has 0 radical (unpaired) electrons. The van der Waals surface area contributed by atoms with Crippen LogP contribution in [0, 0.1) is 0 Å². The first-order valence-corrected chi connectivity index (χ1v) is 8.83. The topological polar surface area (TPSA) is 24.5 Å². The highest BCUT2D eigenvalue weighted by Gasteiger charge is 2.23. The van der Waals surface area contributed by atoms with Crippen LogP contribution in [0.25, 0.3) is 0 Å². The number of ether oxygens (including phenoxy) is 1. The summed E-state index contributed by atoms with van der Waals surface area (Å²) in [6.07, 6.45) is 5.09. The molecule has 0 bridgehead atoms. The Balaban J connectivity index is 2.20. The van der Waals surface area contributed by atoms with Gasteiger partial charge in [-0.15, -0.1) is 0 Å². The van der Waals surface area contributed by atoms with Gasteiger partial charge in [-0.1, -0.05) is 42.1 Å². The molecule has 3 nitrogen and oxygen atoms in total. The Hall–Kier alpha value is -0.580. The number of hydrogen-bond acceptors (Lipinski definition) is 3. The molecule has 21 heavy (non-hydrogen) atoms. The SMILES string of the molecule is CCCCC[C@@H](c1cc(OC)ccc1Br)N1CCNCC1. The molecule has 0 unspecified atom stereocenters. The van der Waals surface area contributed by atoms with Crippen molar-refractivity contribution in [2.24, 2.45) is 0 Å². The van der Waals surface area contributed by atoms with Crippen molar-refractivity contribution in [2.75, 3.05) is 33.3 Å². The number of unbranched alkanes of at least 4 members (excludes halogenated alkanes) is 2. The summed E-state index contributed by atoms with van der Waals surface area (Å²) < 4.78 is 6.62. The van der Waals surface area contributed by atoms with E-state index in [1.54, 1.807) is 7.11 Å². The van der Waals surface area contributed by atoms with E-state index in [0.29, 0.717) is 6.04 Å². The minimum atomic E-state index is 0.489. The van der Waals surface area contributed by atoms with Crippen LogP contribution in [-0.2, 0) is 0 Å². The second kappa shape index (κ2) is 8.76. The van der Waals surface area contributed by atoms with Crippen molar-refractivity contribution in [3.63, 3.8) is 0 Å². The average Bonchev–Trinajstić information content (AvgIpc) is 2.53. The third-order valence-electron chi connectivity index (χ3n) is 4.24. The van der Waals surface area contributed by atoms with E-state index >= 15 is 0 Å². The van der Waals surface area contributed by atoms with Crippen LogP contribution < -0.4 is 10.1 Å². The van der Waals surface area contributed by atoms with Crippen molar-refractivity contribution in [3.05, 3.63) is 28.2 Å². The number of nitrogens with one attached hydrogen (secondary N) is 1. The molecule has 118 valence electrons. The van der Waals surface area contributed by atoms with Crippen LogP contribution in [0.4, 0.5) is 0 Å². The highest BCUT2D eigenvalue weighted by atomic mass is 79.9. The summed E-state index contributed by atoms with van der Waals surface area (Å²) >= 11 is 3.74.